The van der Waals surface area contributed by atoms with E-state index in [0.717, 1.165) is 257 Å². The largest absolute Gasteiger partial charge is 0.331 e. The first-order valence-corrected chi connectivity index (χ1v) is 53.9. The van der Waals surface area contributed by atoms with Gasteiger partial charge in [-0.15, -0.1) is 0 Å². The second kappa shape index (κ2) is 57.1. The molecular formula is C117H159F6N17O4. The molecule has 0 unspecified atom stereocenters. The van der Waals surface area contributed by atoms with E-state index in [1.807, 2.05) is 27.7 Å². The number of aryl methyl sites for hydroxylation is 4. The highest BCUT2D eigenvalue weighted by Gasteiger charge is 2.30. The second-order valence-electron chi connectivity index (χ2n) is 40.4. The summed E-state index contributed by atoms with van der Waals surface area (Å²) in [7, 11) is 0. The molecule has 0 atom stereocenters. The zero-order chi connectivity index (χ0) is 103. The quantitative estimate of drug-likeness (QED) is 0.0207. The van der Waals surface area contributed by atoms with Gasteiger partial charge in [0, 0.05) is 103 Å². The molecular weight excluding hydrogens is 1820 g/mol. The Bertz CT molecular complexity index is 6060. The van der Waals surface area contributed by atoms with Gasteiger partial charge in [-0.1, -0.05) is 197 Å². The molecule has 3 saturated carbocycles. The Morgan fingerprint density at radius 2 is 0.625 bits per heavy atom. The van der Waals surface area contributed by atoms with Crippen LogP contribution in [0.3, 0.4) is 0 Å². The van der Waals surface area contributed by atoms with E-state index >= 15 is 0 Å². The normalized spacial score (nSPS) is 13.5. The molecule has 15 rings (SSSR count). The molecule has 4 heterocycles. The van der Waals surface area contributed by atoms with Gasteiger partial charge in [0.25, 0.3) is 23.6 Å². The maximum absolute atomic E-state index is 14.4. The Kier molecular flexibility index (Phi) is 44.3. The molecule has 4 N–H and O–H groups in total. The molecule has 3 fully saturated rings. The molecule has 0 saturated heterocycles. The van der Waals surface area contributed by atoms with Crippen molar-refractivity contribution in [3.8, 4) is 0 Å². The van der Waals surface area contributed by atoms with Crippen LogP contribution in [-0.2, 0) is 78.5 Å². The Morgan fingerprint density at radius 3 is 0.931 bits per heavy atom. The standard InChI is InChI=1S/C30H40F2N4O.C30H41FN4O.C29H39FN4O.C28H39F2N5O/c1-4-15-36-28-12-9-23(18-33-14-13-22-7-5-6-8-22)16-27(28)34-29(36)20-35(19-21(2)3)30(37)25-17-24(31)10-11-26(25)32;1-4-16-35-28-13-12-24(19-32-15-14-23-8-5-6-9-23)17-27(28)33-29(35)21-34(20-22(2)3)30(36)25-10-7-11-26(31)18-25;1-3-16-33(29(35)24-10-7-11-25(30)19-24)21-28-32-26-18-23(12-13-27(26)34(28)17-4-2)20-31-15-14-22-8-5-6-9-22;1-5-14-34(28(36)23-18-22(29)10-11-24(23)30)20-27-32-25-17-21(9-12-26(25)35(27)15-6-2)19-31-13-16-33(7-3)8-4/h9-12,16-17,21-22,33H,4-8,13-15,18-20H2,1-3H3;7,10-13,17-18,22-23,32H,4-6,8-9,14-16,19-21H2,1-3H3;7,10-13,18-19,22,31H,3-6,8-9,14-17,20-21H2,1-2H3;9-12,17-18,31H,5-8,13-16,19-20H2,1-4H3. The lowest BCUT2D eigenvalue weighted by atomic mass is 10.0. The molecule has 0 radical (unpaired) electrons. The lowest BCUT2D eigenvalue weighted by Gasteiger charge is -2.25. The Balaban J connectivity index is 0.000000171. The number of amides is 4. The van der Waals surface area contributed by atoms with Crippen LogP contribution in [0.4, 0.5) is 26.3 Å². The monoisotopic (exact) mass is 1980 g/mol. The van der Waals surface area contributed by atoms with E-state index in [1.54, 1.807) is 43.9 Å². The zero-order valence-corrected chi connectivity index (χ0v) is 87.7. The van der Waals surface area contributed by atoms with Gasteiger partial charge in [0.1, 0.15) is 58.2 Å². The minimum atomic E-state index is -0.720. The first-order chi connectivity index (χ1) is 69.8. The van der Waals surface area contributed by atoms with Crippen molar-refractivity contribution in [2.45, 2.75) is 296 Å². The molecule has 778 valence electrons. The van der Waals surface area contributed by atoms with Crippen LogP contribution in [0.25, 0.3) is 44.1 Å². The van der Waals surface area contributed by atoms with E-state index in [0.29, 0.717) is 56.8 Å². The number of nitrogens with zero attached hydrogens (tertiary/aromatic N) is 13. The van der Waals surface area contributed by atoms with Gasteiger partial charge in [0.05, 0.1) is 81.4 Å². The average Bonchev–Trinajstić information content (AvgIpc) is 1.65. The number of halogens is 6. The fourth-order valence-electron chi connectivity index (χ4n) is 20.6. The predicted octanol–water partition coefficient (Wildman–Crippen LogP) is 24.8. The highest BCUT2D eigenvalue weighted by molar-refractivity contribution is 5.96. The summed E-state index contributed by atoms with van der Waals surface area (Å²) >= 11 is 0. The van der Waals surface area contributed by atoms with E-state index in [2.05, 4.69) is 173 Å². The van der Waals surface area contributed by atoms with Crippen LogP contribution in [0.5, 0.6) is 0 Å². The number of fused-ring (bicyclic) bond motifs is 4. The number of rotatable bonds is 50. The molecule has 3 aliphatic rings. The number of hydrogen-bond acceptors (Lipinski definition) is 13. The van der Waals surface area contributed by atoms with Crippen molar-refractivity contribution in [3.63, 3.8) is 0 Å². The molecule has 27 heteroatoms. The van der Waals surface area contributed by atoms with Crippen molar-refractivity contribution >= 4 is 67.8 Å². The van der Waals surface area contributed by atoms with E-state index in [4.69, 9.17) is 19.9 Å². The first kappa shape index (κ1) is 112. The third-order valence-corrected chi connectivity index (χ3v) is 27.9. The minimum absolute atomic E-state index is 0.159. The van der Waals surface area contributed by atoms with Crippen LogP contribution < -0.4 is 21.3 Å². The Labute approximate surface area is 850 Å². The summed E-state index contributed by atoms with van der Waals surface area (Å²) in [6.07, 6.45) is 25.7. The number of hydrogen-bond donors (Lipinski definition) is 4. The van der Waals surface area contributed by atoms with Crippen molar-refractivity contribution in [1.29, 1.82) is 0 Å². The summed E-state index contributed by atoms with van der Waals surface area (Å²) in [6, 6.07) is 43.6. The fraction of sp³-hybridized carbons (Fsp3) is 0.521. The van der Waals surface area contributed by atoms with Crippen molar-refractivity contribution in [2.75, 3.05) is 72.0 Å². The van der Waals surface area contributed by atoms with Crippen molar-refractivity contribution in [1.82, 2.24) is 84.0 Å². The SMILES string of the molecule is CCCN(Cc1nc2cc(CNCCC3CCCC3)ccc2n1CCC)C(=O)c1cccc(F)c1.CCCN(Cc1nc2cc(CNCCN(CC)CC)ccc2n1CCC)C(=O)c1cc(F)ccc1F.CCCn1c(CN(CC(C)C)C(=O)c2cc(F)ccc2F)nc2cc(CNCCC3CCCC3)ccc21.CCCn1c(CN(CC(C)C)C(=O)c2cccc(F)c2)nc2cc(CNCCC3CCCC3)ccc21. The van der Waals surface area contributed by atoms with Gasteiger partial charge in [-0.2, -0.15) is 0 Å². The Hall–Kier alpha value is -11.1. The van der Waals surface area contributed by atoms with Crippen LogP contribution in [-0.4, -0.2) is 158 Å². The maximum atomic E-state index is 14.4. The lowest BCUT2D eigenvalue weighted by Crippen LogP contribution is -2.35. The van der Waals surface area contributed by atoms with Crippen molar-refractivity contribution in [2.24, 2.45) is 29.6 Å². The molecule has 8 aromatic carbocycles. The van der Waals surface area contributed by atoms with Crippen molar-refractivity contribution < 1.29 is 45.5 Å². The summed E-state index contributed by atoms with van der Waals surface area (Å²) in [4.78, 5) is 81.9. The van der Waals surface area contributed by atoms with E-state index in [9.17, 15) is 45.5 Å². The molecule has 0 spiro atoms. The highest BCUT2D eigenvalue weighted by atomic mass is 19.1. The van der Waals surface area contributed by atoms with Gasteiger partial charge in [-0.25, -0.2) is 46.3 Å². The molecule has 0 bridgehead atoms. The number of imidazole rings is 4. The number of carbonyl (C=O) groups is 4. The maximum Gasteiger partial charge on any atom is 0.257 e. The lowest BCUT2D eigenvalue weighted by molar-refractivity contribution is 0.0706. The summed E-state index contributed by atoms with van der Waals surface area (Å²) in [6.45, 7) is 42.0. The van der Waals surface area contributed by atoms with Crippen LogP contribution in [0.15, 0.2) is 158 Å². The first-order valence-electron chi connectivity index (χ1n) is 53.9. The van der Waals surface area contributed by atoms with Gasteiger partial charge in [0.2, 0.25) is 0 Å². The topological polar surface area (TPSA) is 204 Å². The molecule has 0 aliphatic heterocycles. The smallest absolute Gasteiger partial charge is 0.257 e. The number of nitrogens with one attached hydrogen (secondary N) is 4. The predicted molar refractivity (Wildman–Crippen MR) is 569 cm³/mol. The summed E-state index contributed by atoms with van der Waals surface area (Å²) < 4.78 is 92.7. The molecule has 4 aromatic heterocycles. The Morgan fingerprint density at radius 1 is 0.333 bits per heavy atom. The number of likely N-dealkylation sites (N-methyl/N-ethyl adjacent to an activating group) is 1. The molecule has 4 amide bonds. The summed E-state index contributed by atoms with van der Waals surface area (Å²) in [5, 5.41) is 14.3. The van der Waals surface area contributed by atoms with Crippen LogP contribution in [0.1, 0.15) is 305 Å². The highest BCUT2D eigenvalue weighted by Crippen LogP contribution is 2.33. The van der Waals surface area contributed by atoms with E-state index in [-0.39, 0.29) is 47.9 Å². The number of benzene rings is 8. The molecule has 21 nitrogen and oxygen atoms in total. The fourth-order valence-corrected chi connectivity index (χ4v) is 20.6. The van der Waals surface area contributed by atoms with Gasteiger partial charge < -0.3 is 64.0 Å². The average molecular weight is 1980 g/mol. The van der Waals surface area contributed by atoms with Crippen LogP contribution in [0, 0.1) is 64.5 Å². The van der Waals surface area contributed by atoms with Crippen LogP contribution in [0.2, 0.25) is 0 Å². The third kappa shape index (κ3) is 32.2. The number of carbonyl (C=O) groups excluding carboxylic acids is 4. The third-order valence-electron chi connectivity index (χ3n) is 27.9. The van der Waals surface area contributed by atoms with Gasteiger partial charge in [0.15, 0.2) is 0 Å². The minimum Gasteiger partial charge on any atom is -0.331 e. The van der Waals surface area contributed by atoms with E-state index in [1.165, 1.54) is 137 Å². The second-order valence-corrected chi connectivity index (χ2v) is 40.4. The molecule has 3 aliphatic carbocycles. The van der Waals surface area contributed by atoms with Gasteiger partial charge >= 0.3 is 0 Å². The molecule has 12 aromatic rings. The van der Waals surface area contributed by atoms with Crippen molar-refractivity contribution in [3.05, 3.63) is 260 Å². The zero-order valence-electron chi connectivity index (χ0n) is 87.7. The van der Waals surface area contributed by atoms with E-state index < -0.39 is 46.7 Å². The van der Waals surface area contributed by atoms with Gasteiger partial charge in [-0.3, -0.25) is 19.2 Å². The van der Waals surface area contributed by atoms with Crippen LogP contribution >= 0.6 is 0 Å². The molecule has 144 heavy (non-hydrogen) atoms. The number of aromatic nitrogens is 8. The van der Waals surface area contributed by atoms with Gasteiger partial charge in [-0.05, 0) is 264 Å². The summed E-state index contributed by atoms with van der Waals surface area (Å²) in [5.74, 6) is 1.53. The summed E-state index contributed by atoms with van der Waals surface area (Å²) in [5.41, 5.74) is 13.0.